The monoisotopic (exact) mass is 417 g/mol. The molecular formula is C15H17Br2NOS. The van der Waals surface area contributed by atoms with Crippen LogP contribution in [0, 0.1) is 6.92 Å². The van der Waals surface area contributed by atoms with Gasteiger partial charge in [0.1, 0.15) is 11.9 Å². The molecule has 0 bridgehead atoms. The molecule has 2 N–H and O–H groups in total. The van der Waals surface area contributed by atoms with Crippen molar-refractivity contribution in [3.05, 3.63) is 49.0 Å². The minimum absolute atomic E-state index is 0.0251. The Morgan fingerprint density at radius 3 is 2.60 bits per heavy atom. The van der Waals surface area contributed by atoms with E-state index in [1.807, 2.05) is 18.2 Å². The number of thiophene rings is 1. The molecule has 2 unspecified atom stereocenters. The molecular weight excluding hydrogens is 402 g/mol. The van der Waals surface area contributed by atoms with Gasteiger partial charge >= 0.3 is 0 Å². The van der Waals surface area contributed by atoms with Gasteiger partial charge in [0.25, 0.3) is 0 Å². The van der Waals surface area contributed by atoms with Crippen LogP contribution in [0.25, 0.3) is 0 Å². The average molecular weight is 419 g/mol. The number of hydrogen-bond acceptors (Lipinski definition) is 3. The molecule has 5 heteroatoms. The second-order valence-electron chi connectivity index (χ2n) is 4.65. The number of ether oxygens (including phenoxy) is 1. The molecule has 20 heavy (non-hydrogen) atoms. The summed E-state index contributed by atoms with van der Waals surface area (Å²) in [6.45, 7) is 4.18. The molecule has 1 aromatic heterocycles. The molecule has 108 valence electrons. The highest BCUT2D eigenvalue weighted by Gasteiger charge is 2.24. The van der Waals surface area contributed by atoms with Crippen molar-refractivity contribution in [2.45, 2.75) is 32.4 Å². The zero-order chi connectivity index (χ0) is 14.7. The second kappa shape index (κ2) is 7.07. The van der Waals surface area contributed by atoms with Gasteiger partial charge in [-0.05, 0) is 64.5 Å². The fourth-order valence-corrected chi connectivity index (χ4v) is 4.10. The zero-order valence-electron chi connectivity index (χ0n) is 11.4. The number of halogens is 2. The number of rotatable bonds is 5. The van der Waals surface area contributed by atoms with Crippen LogP contribution in [0.15, 0.2) is 38.6 Å². The van der Waals surface area contributed by atoms with Crippen LogP contribution in [0.2, 0.25) is 0 Å². The zero-order valence-corrected chi connectivity index (χ0v) is 15.4. The van der Waals surface area contributed by atoms with E-state index in [1.54, 1.807) is 11.3 Å². The summed E-state index contributed by atoms with van der Waals surface area (Å²) in [5.41, 5.74) is 7.50. The first-order valence-corrected chi connectivity index (χ1v) is 8.90. The number of benzene rings is 1. The topological polar surface area (TPSA) is 35.2 Å². The van der Waals surface area contributed by atoms with Crippen LogP contribution in [0.1, 0.15) is 29.9 Å². The Labute approximate surface area is 140 Å². The number of aryl methyl sites for hydroxylation is 1. The van der Waals surface area contributed by atoms with E-state index in [4.69, 9.17) is 10.5 Å². The van der Waals surface area contributed by atoms with Crippen molar-refractivity contribution >= 4 is 43.2 Å². The molecule has 0 fully saturated rings. The molecule has 2 nitrogen and oxygen atoms in total. The van der Waals surface area contributed by atoms with Crippen molar-refractivity contribution in [2.75, 3.05) is 0 Å². The molecule has 0 aliphatic heterocycles. The Hall–Kier alpha value is -0.360. The molecule has 0 amide bonds. The Bertz CT molecular complexity index is 585. The third-order valence-electron chi connectivity index (χ3n) is 3.17. The molecule has 0 saturated heterocycles. The molecule has 1 heterocycles. The quantitative estimate of drug-likeness (QED) is 0.701. The van der Waals surface area contributed by atoms with Gasteiger partial charge < -0.3 is 10.5 Å². The minimum Gasteiger partial charge on any atom is -0.482 e. The van der Waals surface area contributed by atoms with Crippen molar-refractivity contribution in [1.29, 1.82) is 0 Å². The van der Waals surface area contributed by atoms with Crippen LogP contribution in [0.4, 0.5) is 0 Å². The molecule has 0 aliphatic rings. The van der Waals surface area contributed by atoms with Crippen molar-refractivity contribution < 1.29 is 4.74 Å². The summed E-state index contributed by atoms with van der Waals surface area (Å²) in [5.74, 6) is 0.815. The van der Waals surface area contributed by atoms with E-state index in [2.05, 4.69) is 57.2 Å². The van der Waals surface area contributed by atoms with E-state index in [9.17, 15) is 0 Å². The Balaban J connectivity index is 2.31. The maximum atomic E-state index is 6.26. The molecule has 2 rings (SSSR count). The highest BCUT2D eigenvalue weighted by atomic mass is 79.9. The van der Waals surface area contributed by atoms with Crippen LogP contribution in [-0.2, 0) is 0 Å². The highest BCUT2D eigenvalue weighted by molar-refractivity contribution is 9.11. The number of nitrogens with two attached hydrogens (primary N) is 1. The summed E-state index contributed by atoms with van der Waals surface area (Å²) in [6.07, 6.45) is 0.758. The lowest BCUT2D eigenvalue weighted by Gasteiger charge is -2.25. The normalized spacial score (nSPS) is 14.1. The van der Waals surface area contributed by atoms with E-state index < -0.39 is 0 Å². The summed E-state index contributed by atoms with van der Waals surface area (Å²) < 4.78 is 8.14. The predicted molar refractivity (Wildman–Crippen MR) is 92.5 cm³/mol. The van der Waals surface area contributed by atoms with Crippen LogP contribution in [-0.4, -0.2) is 6.04 Å². The first-order chi connectivity index (χ1) is 9.52. The molecule has 0 aliphatic carbocycles. The molecule has 2 aromatic rings. The van der Waals surface area contributed by atoms with E-state index >= 15 is 0 Å². The van der Waals surface area contributed by atoms with Crippen molar-refractivity contribution in [2.24, 2.45) is 5.73 Å². The van der Waals surface area contributed by atoms with Crippen molar-refractivity contribution in [1.82, 2.24) is 0 Å². The van der Waals surface area contributed by atoms with Gasteiger partial charge in [0.05, 0.1) is 4.47 Å². The Morgan fingerprint density at radius 1 is 1.30 bits per heavy atom. The summed E-state index contributed by atoms with van der Waals surface area (Å²) in [6, 6.07) is 7.98. The molecule has 0 spiro atoms. The maximum absolute atomic E-state index is 6.26. The molecule has 1 aromatic carbocycles. The van der Waals surface area contributed by atoms with Gasteiger partial charge in [-0.1, -0.05) is 22.9 Å². The molecule has 2 atom stereocenters. The lowest BCUT2D eigenvalue weighted by molar-refractivity contribution is 0.173. The van der Waals surface area contributed by atoms with Gasteiger partial charge in [0, 0.05) is 15.4 Å². The fourth-order valence-electron chi connectivity index (χ4n) is 1.93. The average Bonchev–Trinajstić information content (AvgIpc) is 2.83. The van der Waals surface area contributed by atoms with Gasteiger partial charge in [-0.15, -0.1) is 11.3 Å². The largest absolute Gasteiger partial charge is 0.482 e. The van der Waals surface area contributed by atoms with Gasteiger partial charge in [0.15, 0.2) is 0 Å². The van der Waals surface area contributed by atoms with E-state index in [0.29, 0.717) is 0 Å². The lowest BCUT2D eigenvalue weighted by Crippen LogP contribution is -2.31. The summed E-state index contributed by atoms with van der Waals surface area (Å²) in [4.78, 5) is 1.20. The Kier molecular flexibility index (Phi) is 5.66. The van der Waals surface area contributed by atoms with Crippen LogP contribution in [0.5, 0.6) is 5.75 Å². The first-order valence-electron chi connectivity index (χ1n) is 6.44. The standard InChI is InChI=1S/C15H17Br2NOS/c1-3-12(18)14(15-9(2)6-7-20-15)19-13-5-4-10(16)8-11(13)17/h4-8,12,14H,3,18H2,1-2H3. The molecule has 0 saturated carbocycles. The minimum atomic E-state index is -0.113. The second-order valence-corrected chi connectivity index (χ2v) is 7.37. The van der Waals surface area contributed by atoms with Gasteiger partial charge in [-0.25, -0.2) is 0 Å². The molecule has 0 radical (unpaired) electrons. The van der Waals surface area contributed by atoms with Crippen molar-refractivity contribution in [3.8, 4) is 5.75 Å². The van der Waals surface area contributed by atoms with E-state index in [1.165, 1.54) is 10.4 Å². The third-order valence-corrected chi connectivity index (χ3v) is 5.36. The Morgan fingerprint density at radius 2 is 2.05 bits per heavy atom. The third kappa shape index (κ3) is 3.64. The van der Waals surface area contributed by atoms with Crippen LogP contribution in [0.3, 0.4) is 0 Å². The lowest BCUT2D eigenvalue weighted by atomic mass is 10.1. The smallest absolute Gasteiger partial charge is 0.148 e. The van der Waals surface area contributed by atoms with Crippen LogP contribution >= 0.6 is 43.2 Å². The van der Waals surface area contributed by atoms with Gasteiger partial charge in [-0.3, -0.25) is 0 Å². The number of hydrogen-bond donors (Lipinski definition) is 1. The first kappa shape index (κ1) is 16.0. The SMILES string of the molecule is CCC(N)C(Oc1ccc(Br)cc1Br)c1sccc1C. The summed E-state index contributed by atoms with van der Waals surface area (Å²) in [5, 5.41) is 2.08. The predicted octanol–water partition coefficient (Wildman–Crippen LogP) is 5.44. The van der Waals surface area contributed by atoms with E-state index in [0.717, 1.165) is 21.1 Å². The highest BCUT2D eigenvalue weighted by Crippen LogP contribution is 2.35. The fraction of sp³-hybridized carbons (Fsp3) is 0.333. The summed E-state index contributed by atoms with van der Waals surface area (Å²) >= 11 is 8.68. The van der Waals surface area contributed by atoms with Crippen LogP contribution < -0.4 is 10.5 Å². The van der Waals surface area contributed by atoms with Gasteiger partial charge in [0.2, 0.25) is 0 Å². The maximum Gasteiger partial charge on any atom is 0.148 e. The van der Waals surface area contributed by atoms with E-state index in [-0.39, 0.29) is 12.1 Å². The summed E-state index contributed by atoms with van der Waals surface area (Å²) in [7, 11) is 0. The van der Waals surface area contributed by atoms with Crippen molar-refractivity contribution in [3.63, 3.8) is 0 Å². The van der Waals surface area contributed by atoms with Gasteiger partial charge in [-0.2, -0.15) is 0 Å².